The Balaban J connectivity index is 0.000000176. The van der Waals surface area contributed by atoms with Crippen LogP contribution in [0.15, 0.2) is 48.5 Å². The van der Waals surface area contributed by atoms with Crippen LogP contribution in [0.3, 0.4) is 0 Å². The molecular weight excluding hydrogens is 376 g/mol. The fourth-order valence-electron chi connectivity index (χ4n) is 6.50. The van der Waals surface area contributed by atoms with Gasteiger partial charge in [-0.05, 0) is 65.7 Å². The van der Waals surface area contributed by atoms with Crippen molar-refractivity contribution in [1.29, 1.82) is 0 Å². The Labute approximate surface area is 191 Å². The molecule has 0 bridgehead atoms. The fourth-order valence-corrected chi connectivity index (χ4v) is 6.50. The summed E-state index contributed by atoms with van der Waals surface area (Å²) in [6, 6.07) is 17.8. The Kier molecular flexibility index (Phi) is 7.68. The lowest BCUT2D eigenvalue weighted by Gasteiger charge is -2.46. The summed E-state index contributed by atoms with van der Waals surface area (Å²) >= 11 is 0. The van der Waals surface area contributed by atoms with Gasteiger partial charge in [-0.25, -0.2) is 0 Å². The highest BCUT2D eigenvalue weighted by atomic mass is 16.5. The van der Waals surface area contributed by atoms with Crippen molar-refractivity contribution in [3.8, 4) is 0 Å². The first kappa shape index (κ1) is 24.1. The van der Waals surface area contributed by atoms with Crippen molar-refractivity contribution in [2.45, 2.75) is 91.6 Å². The minimum absolute atomic E-state index is 0.231. The maximum absolute atomic E-state index is 5.76. The van der Waals surface area contributed by atoms with Crippen molar-refractivity contribution in [1.82, 2.24) is 0 Å². The molecule has 1 heteroatoms. The molecule has 0 aromatic heterocycles. The molecule has 0 radical (unpaired) electrons. The molecular formula is C30H44O. The number of hydrogen-bond acceptors (Lipinski definition) is 1. The molecule has 1 aliphatic heterocycles. The second-order valence-corrected chi connectivity index (χ2v) is 10.7. The number of ether oxygens (including phenoxy) is 1. The second-order valence-electron chi connectivity index (χ2n) is 10.7. The summed E-state index contributed by atoms with van der Waals surface area (Å²) < 4.78 is 5.76. The van der Waals surface area contributed by atoms with Gasteiger partial charge in [-0.2, -0.15) is 0 Å². The lowest BCUT2D eigenvalue weighted by Crippen LogP contribution is -2.41. The van der Waals surface area contributed by atoms with Crippen molar-refractivity contribution < 1.29 is 4.74 Å². The summed E-state index contributed by atoms with van der Waals surface area (Å²) in [5.74, 6) is 2.09. The molecule has 1 nitrogen and oxygen atoms in total. The van der Waals surface area contributed by atoms with E-state index in [1.807, 2.05) is 0 Å². The van der Waals surface area contributed by atoms with Crippen LogP contribution in [0.4, 0.5) is 0 Å². The Bertz CT molecular complexity index is 839. The quantitative estimate of drug-likeness (QED) is 0.485. The van der Waals surface area contributed by atoms with Gasteiger partial charge in [-0.1, -0.05) is 97.0 Å². The average Bonchev–Trinajstić information content (AvgIpc) is 2.78. The number of rotatable bonds is 4. The molecule has 0 N–H and O–H groups in total. The van der Waals surface area contributed by atoms with Crippen LogP contribution in [0.25, 0.3) is 0 Å². The van der Waals surface area contributed by atoms with Crippen molar-refractivity contribution in [2.75, 3.05) is 6.61 Å². The van der Waals surface area contributed by atoms with Gasteiger partial charge in [-0.3, -0.25) is 0 Å². The van der Waals surface area contributed by atoms with E-state index in [1.165, 1.54) is 30.4 Å². The first-order chi connectivity index (χ1) is 14.8. The SMILES string of the molecule is CC(C)C1(C(C)C)CCCc2ccccc21.CCC1(C(C)C)COCc2ccccc21. The minimum Gasteiger partial charge on any atom is -0.376 e. The predicted molar refractivity (Wildman–Crippen MR) is 134 cm³/mol. The summed E-state index contributed by atoms with van der Waals surface area (Å²) in [6.07, 6.45) is 5.14. The molecule has 0 saturated heterocycles. The van der Waals surface area contributed by atoms with Crippen LogP contribution < -0.4 is 0 Å². The zero-order chi connectivity index (χ0) is 22.6. The van der Waals surface area contributed by atoms with Crippen LogP contribution in [-0.2, 0) is 28.6 Å². The molecule has 0 spiro atoms. The van der Waals surface area contributed by atoms with E-state index in [9.17, 15) is 0 Å². The molecule has 1 unspecified atom stereocenters. The van der Waals surface area contributed by atoms with E-state index in [0.29, 0.717) is 11.3 Å². The van der Waals surface area contributed by atoms with Crippen LogP contribution >= 0.6 is 0 Å². The van der Waals surface area contributed by atoms with E-state index < -0.39 is 0 Å². The van der Waals surface area contributed by atoms with Crippen LogP contribution in [-0.4, -0.2) is 6.61 Å². The Morgan fingerprint density at radius 2 is 1.35 bits per heavy atom. The molecule has 2 aliphatic rings. The smallest absolute Gasteiger partial charge is 0.0720 e. The maximum atomic E-state index is 5.76. The van der Waals surface area contributed by atoms with Crippen molar-refractivity contribution in [3.05, 3.63) is 70.8 Å². The summed E-state index contributed by atoms with van der Waals surface area (Å²) in [5, 5.41) is 0. The maximum Gasteiger partial charge on any atom is 0.0720 e. The molecule has 4 rings (SSSR count). The number of aryl methyl sites for hydroxylation is 1. The molecule has 1 aliphatic carbocycles. The lowest BCUT2D eigenvalue weighted by molar-refractivity contribution is 0.0288. The number of fused-ring (bicyclic) bond motifs is 2. The Morgan fingerprint density at radius 1 is 0.774 bits per heavy atom. The van der Waals surface area contributed by atoms with Gasteiger partial charge in [0.1, 0.15) is 0 Å². The van der Waals surface area contributed by atoms with Gasteiger partial charge in [0.05, 0.1) is 13.2 Å². The van der Waals surface area contributed by atoms with Gasteiger partial charge in [0.15, 0.2) is 0 Å². The summed E-state index contributed by atoms with van der Waals surface area (Å²) in [5.41, 5.74) is 6.75. The Morgan fingerprint density at radius 3 is 1.94 bits per heavy atom. The monoisotopic (exact) mass is 420 g/mol. The van der Waals surface area contributed by atoms with Crippen LogP contribution in [0.5, 0.6) is 0 Å². The molecule has 1 heterocycles. The highest BCUT2D eigenvalue weighted by Gasteiger charge is 2.41. The minimum atomic E-state index is 0.231. The Hall–Kier alpha value is -1.60. The largest absolute Gasteiger partial charge is 0.376 e. The summed E-state index contributed by atoms with van der Waals surface area (Å²) in [4.78, 5) is 0. The van der Waals surface area contributed by atoms with E-state index >= 15 is 0 Å². The third-order valence-electron chi connectivity index (χ3n) is 8.52. The van der Waals surface area contributed by atoms with E-state index in [0.717, 1.165) is 31.5 Å². The van der Waals surface area contributed by atoms with Crippen LogP contribution in [0, 0.1) is 17.8 Å². The third-order valence-corrected chi connectivity index (χ3v) is 8.52. The number of benzene rings is 2. The van der Waals surface area contributed by atoms with E-state index in [-0.39, 0.29) is 5.41 Å². The van der Waals surface area contributed by atoms with Gasteiger partial charge in [0.25, 0.3) is 0 Å². The summed E-state index contributed by atoms with van der Waals surface area (Å²) in [7, 11) is 0. The van der Waals surface area contributed by atoms with Crippen molar-refractivity contribution in [3.63, 3.8) is 0 Å². The van der Waals surface area contributed by atoms with Gasteiger partial charge in [0, 0.05) is 10.8 Å². The molecule has 0 amide bonds. The highest BCUT2D eigenvalue weighted by Crippen LogP contribution is 2.47. The molecule has 2 aromatic carbocycles. The van der Waals surface area contributed by atoms with Gasteiger partial charge < -0.3 is 4.74 Å². The first-order valence-corrected chi connectivity index (χ1v) is 12.5. The van der Waals surface area contributed by atoms with Crippen LogP contribution in [0.2, 0.25) is 0 Å². The van der Waals surface area contributed by atoms with E-state index in [2.05, 4.69) is 97.0 Å². The molecule has 170 valence electrons. The topological polar surface area (TPSA) is 9.23 Å². The zero-order valence-electron chi connectivity index (χ0n) is 21.0. The molecule has 31 heavy (non-hydrogen) atoms. The molecule has 1 atom stereocenters. The van der Waals surface area contributed by atoms with Gasteiger partial charge in [-0.15, -0.1) is 0 Å². The predicted octanol–water partition coefficient (Wildman–Crippen LogP) is 8.09. The van der Waals surface area contributed by atoms with Crippen LogP contribution in [0.1, 0.15) is 90.0 Å². The molecule has 0 saturated carbocycles. The standard InChI is InChI=1S/C16H24.C14H20O/c1-12(2)16(13(3)4)11-7-9-14-8-5-6-10-15(14)16;1-4-14(11(2)3)10-15-9-12-7-5-6-8-13(12)14/h5-6,8,10,12-13H,7,9,11H2,1-4H3;5-8,11H,4,9-10H2,1-3H3. The lowest BCUT2D eigenvalue weighted by atomic mass is 9.58. The van der Waals surface area contributed by atoms with E-state index in [1.54, 1.807) is 11.1 Å². The van der Waals surface area contributed by atoms with E-state index in [4.69, 9.17) is 4.74 Å². The second kappa shape index (κ2) is 9.90. The highest BCUT2D eigenvalue weighted by molar-refractivity contribution is 5.38. The summed E-state index contributed by atoms with van der Waals surface area (Å²) in [6.45, 7) is 18.1. The third kappa shape index (κ3) is 4.36. The first-order valence-electron chi connectivity index (χ1n) is 12.5. The molecule has 0 fully saturated rings. The van der Waals surface area contributed by atoms with Gasteiger partial charge >= 0.3 is 0 Å². The zero-order valence-corrected chi connectivity index (χ0v) is 21.0. The normalized spacial score (nSPS) is 22.0. The van der Waals surface area contributed by atoms with Gasteiger partial charge in [0.2, 0.25) is 0 Å². The average molecular weight is 421 g/mol. The fraction of sp³-hybridized carbons (Fsp3) is 0.600. The number of hydrogen-bond donors (Lipinski definition) is 0. The van der Waals surface area contributed by atoms with Crippen molar-refractivity contribution >= 4 is 0 Å². The van der Waals surface area contributed by atoms with Crippen molar-refractivity contribution in [2.24, 2.45) is 17.8 Å². The molecule has 2 aromatic rings.